The molecule has 0 unspecified atom stereocenters. The molecular weight excluding hydrogens is 356 g/mol. The Morgan fingerprint density at radius 1 is 1.38 bits per heavy atom. The van der Waals surface area contributed by atoms with E-state index in [9.17, 15) is 9.59 Å². The predicted octanol–water partition coefficient (Wildman–Crippen LogP) is 2.70. The number of fused-ring (bicyclic) bond motifs is 2. The van der Waals surface area contributed by atoms with Gasteiger partial charge in [-0.25, -0.2) is 9.78 Å². The first-order valence-corrected chi connectivity index (χ1v) is 8.49. The minimum atomic E-state index is -0.716. The van der Waals surface area contributed by atoms with Crippen molar-refractivity contribution >= 4 is 23.2 Å². The van der Waals surface area contributed by atoms with Crippen molar-refractivity contribution < 1.29 is 14.3 Å². The Bertz CT molecular complexity index is 1080. The van der Waals surface area contributed by atoms with Gasteiger partial charge in [0.05, 0.1) is 5.69 Å². The lowest BCUT2D eigenvalue weighted by atomic mass is 10.1. The first kappa shape index (κ1) is 16.6. The van der Waals surface area contributed by atoms with E-state index >= 15 is 0 Å². The van der Waals surface area contributed by atoms with Gasteiger partial charge in [-0.2, -0.15) is 0 Å². The minimum Gasteiger partial charge on any atom is -0.478 e. The molecule has 0 N–H and O–H groups in total. The molecule has 0 fully saturated rings. The van der Waals surface area contributed by atoms with Crippen molar-refractivity contribution in [2.75, 3.05) is 0 Å². The lowest BCUT2D eigenvalue weighted by Crippen LogP contribution is -2.27. The highest BCUT2D eigenvalue weighted by atomic mass is 35.5. The third-order valence-electron chi connectivity index (χ3n) is 4.26. The fourth-order valence-corrected chi connectivity index (χ4v) is 3.16. The average molecular weight is 371 g/mol. The van der Waals surface area contributed by atoms with Crippen molar-refractivity contribution in [2.45, 2.75) is 26.1 Å². The van der Waals surface area contributed by atoms with Crippen LogP contribution in [0.1, 0.15) is 16.8 Å². The molecule has 6 nitrogen and oxygen atoms in total. The molecule has 26 heavy (non-hydrogen) atoms. The third-order valence-corrected chi connectivity index (χ3v) is 4.50. The van der Waals surface area contributed by atoms with Crippen LogP contribution in [0.4, 0.5) is 0 Å². The largest absolute Gasteiger partial charge is 0.478 e. The lowest BCUT2D eigenvalue weighted by molar-refractivity contribution is -0.152. The van der Waals surface area contributed by atoms with E-state index in [1.807, 2.05) is 13.0 Å². The summed E-state index contributed by atoms with van der Waals surface area (Å²) in [7, 11) is 0. The summed E-state index contributed by atoms with van der Waals surface area (Å²) in [5.41, 5.74) is 2.46. The van der Waals surface area contributed by atoms with Gasteiger partial charge in [0.25, 0.3) is 5.56 Å². The molecule has 1 aliphatic rings. The van der Waals surface area contributed by atoms with Gasteiger partial charge in [-0.05, 0) is 42.3 Å². The highest BCUT2D eigenvalue weighted by Crippen LogP contribution is 2.31. The van der Waals surface area contributed by atoms with Crippen LogP contribution in [-0.4, -0.2) is 21.5 Å². The summed E-state index contributed by atoms with van der Waals surface area (Å²) < 4.78 is 12.4. The van der Waals surface area contributed by atoms with Crippen molar-refractivity contribution in [3.8, 4) is 5.75 Å². The number of halogens is 1. The van der Waals surface area contributed by atoms with Gasteiger partial charge in [0, 0.05) is 23.7 Å². The van der Waals surface area contributed by atoms with Gasteiger partial charge in [-0.3, -0.25) is 9.20 Å². The van der Waals surface area contributed by atoms with Crippen LogP contribution in [0.25, 0.3) is 5.65 Å². The summed E-state index contributed by atoms with van der Waals surface area (Å²) in [4.78, 5) is 28.9. The molecule has 0 bridgehead atoms. The summed E-state index contributed by atoms with van der Waals surface area (Å²) in [6.07, 6.45) is 1.34. The first-order chi connectivity index (χ1) is 12.5. The van der Waals surface area contributed by atoms with E-state index in [1.54, 1.807) is 30.5 Å². The third kappa shape index (κ3) is 3.04. The molecule has 3 aromatic rings. The fraction of sp³-hybridized carbons (Fsp3) is 0.211. The number of rotatable bonds is 3. The van der Waals surface area contributed by atoms with E-state index in [1.165, 1.54) is 10.5 Å². The molecule has 0 amide bonds. The molecule has 1 atom stereocenters. The lowest BCUT2D eigenvalue weighted by Gasteiger charge is -2.11. The van der Waals surface area contributed by atoms with Crippen LogP contribution in [0, 0.1) is 6.92 Å². The SMILES string of the molecule is Cc1cccn2c(=O)cc(COC(=O)[C@@H]3Cc4cc(Cl)ccc4O3)nc12. The van der Waals surface area contributed by atoms with Crippen LogP contribution in [0.5, 0.6) is 5.75 Å². The number of esters is 1. The molecule has 132 valence electrons. The summed E-state index contributed by atoms with van der Waals surface area (Å²) in [6, 6.07) is 10.2. The van der Waals surface area contributed by atoms with Crippen LogP contribution in [-0.2, 0) is 22.6 Å². The Hall–Kier alpha value is -2.86. The number of aromatic nitrogens is 2. The maximum Gasteiger partial charge on any atom is 0.348 e. The van der Waals surface area contributed by atoms with E-state index in [0.29, 0.717) is 28.5 Å². The average Bonchev–Trinajstić information content (AvgIpc) is 3.04. The Morgan fingerprint density at radius 3 is 3.08 bits per heavy atom. The van der Waals surface area contributed by atoms with Gasteiger partial charge in [-0.15, -0.1) is 0 Å². The number of carbonyl (C=O) groups is 1. The monoisotopic (exact) mass is 370 g/mol. The molecule has 0 saturated carbocycles. The van der Waals surface area contributed by atoms with Crippen LogP contribution >= 0.6 is 11.6 Å². The van der Waals surface area contributed by atoms with Crippen LogP contribution in [0.15, 0.2) is 47.4 Å². The smallest absolute Gasteiger partial charge is 0.348 e. The first-order valence-electron chi connectivity index (χ1n) is 8.11. The molecule has 0 saturated heterocycles. The molecule has 1 aromatic carbocycles. The van der Waals surface area contributed by atoms with E-state index in [4.69, 9.17) is 21.1 Å². The second-order valence-corrected chi connectivity index (χ2v) is 6.58. The van der Waals surface area contributed by atoms with Crippen molar-refractivity contribution in [2.24, 2.45) is 0 Å². The zero-order valence-corrected chi connectivity index (χ0v) is 14.7. The summed E-state index contributed by atoms with van der Waals surface area (Å²) >= 11 is 5.96. The maximum atomic E-state index is 12.3. The normalized spacial score (nSPS) is 15.5. The predicted molar refractivity (Wildman–Crippen MR) is 95.6 cm³/mol. The quantitative estimate of drug-likeness (QED) is 0.663. The van der Waals surface area contributed by atoms with Gasteiger partial charge in [0.1, 0.15) is 18.0 Å². The van der Waals surface area contributed by atoms with Crippen molar-refractivity contribution in [3.05, 3.63) is 74.8 Å². The molecule has 4 rings (SSSR count). The maximum absolute atomic E-state index is 12.3. The van der Waals surface area contributed by atoms with Crippen molar-refractivity contribution in [1.82, 2.24) is 9.38 Å². The number of ether oxygens (including phenoxy) is 2. The minimum absolute atomic E-state index is 0.0874. The zero-order chi connectivity index (χ0) is 18.3. The molecule has 7 heteroatoms. The van der Waals surface area contributed by atoms with Gasteiger partial charge in [0.15, 0.2) is 6.10 Å². The Labute approximate surface area is 154 Å². The van der Waals surface area contributed by atoms with Gasteiger partial charge in [0.2, 0.25) is 0 Å². The van der Waals surface area contributed by atoms with Crippen molar-refractivity contribution in [1.29, 1.82) is 0 Å². The molecule has 0 spiro atoms. The summed E-state index contributed by atoms with van der Waals surface area (Å²) in [5.74, 6) is 0.137. The number of hydrogen-bond donors (Lipinski definition) is 0. The number of hydrogen-bond acceptors (Lipinski definition) is 5. The van der Waals surface area contributed by atoms with E-state index in [0.717, 1.165) is 11.1 Å². The Morgan fingerprint density at radius 2 is 2.23 bits per heavy atom. The van der Waals surface area contributed by atoms with Gasteiger partial charge in [-0.1, -0.05) is 17.7 Å². The highest BCUT2D eigenvalue weighted by Gasteiger charge is 2.30. The molecular formula is C19H15ClN2O4. The standard InChI is InChI=1S/C19H15ClN2O4/c1-11-3-2-6-22-17(23)9-14(21-18(11)22)10-25-19(24)16-8-12-7-13(20)4-5-15(12)26-16/h2-7,9,16H,8,10H2,1H3/t16-/m0/s1. The van der Waals surface area contributed by atoms with E-state index in [-0.39, 0.29) is 12.2 Å². The molecule has 2 aromatic heterocycles. The van der Waals surface area contributed by atoms with Crippen LogP contribution in [0.3, 0.4) is 0 Å². The van der Waals surface area contributed by atoms with Gasteiger partial charge >= 0.3 is 5.97 Å². The van der Waals surface area contributed by atoms with E-state index < -0.39 is 12.1 Å². The number of nitrogens with zero attached hydrogens (tertiary/aromatic N) is 2. The second-order valence-electron chi connectivity index (χ2n) is 6.14. The number of benzene rings is 1. The Balaban J connectivity index is 1.48. The number of aryl methyl sites for hydroxylation is 1. The number of pyridine rings is 1. The Kier molecular flexibility index (Phi) is 4.12. The summed E-state index contributed by atoms with van der Waals surface area (Å²) in [5, 5.41) is 0.595. The number of carbonyl (C=O) groups excluding carboxylic acids is 1. The zero-order valence-electron chi connectivity index (χ0n) is 13.9. The van der Waals surface area contributed by atoms with Gasteiger partial charge < -0.3 is 9.47 Å². The molecule has 1 aliphatic heterocycles. The van der Waals surface area contributed by atoms with Crippen LogP contribution < -0.4 is 10.3 Å². The van der Waals surface area contributed by atoms with E-state index in [2.05, 4.69) is 4.98 Å². The fourth-order valence-electron chi connectivity index (χ4n) is 2.97. The van der Waals surface area contributed by atoms with Crippen LogP contribution in [0.2, 0.25) is 5.02 Å². The topological polar surface area (TPSA) is 69.9 Å². The second kappa shape index (κ2) is 6.46. The highest BCUT2D eigenvalue weighted by molar-refractivity contribution is 6.30. The molecule has 3 heterocycles. The van der Waals surface area contributed by atoms with Crippen molar-refractivity contribution in [3.63, 3.8) is 0 Å². The molecule has 0 radical (unpaired) electrons. The molecule has 0 aliphatic carbocycles. The summed E-state index contributed by atoms with van der Waals surface area (Å²) in [6.45, 7) is 1.78.